The fraction of sp³-hybridized carbons (Fsp3) is 0.308. The summed E-state index contributed by atoms with van der Waals surface area (Å²) in [7, 11) is 0. The highest BCUT2D eigenvalue weighted by atomic mass is 19.2. The molecule has 0 amide bonds. The Labute approximate surface area is 97.9 Å². The molecule has 0 heterocycles. The van der Waals surface area contributed by atoms with Crippen molar-refractivity contribution in [1.82, 2.24) is 0 Å². The predicted molar refractivity (Wildman–Crippen MR) is 59.3 cm³/mol. The fourth-order valence-corrected chi connectivity index (χ4v) is 2.01. The van der Waals surface area contributed by atoms with E-state index < -0.39 is 17.6 Å². The molecule has 1 aromatic carbocycles. The number of esters is 1. The van der Waals surface area contributed by atoms with Gasteiger partial charge in [0.05, 0.1) is 6.61 Å². The van der Waals surface area contributed by atoms with Gasteiger partial charge in [-0.2, -0.15) is 0 Å². The molecule has 1 aliphatic rings. The molecule has 0 aromatic heterocycles. The number of carbonyl (C=O) groups excluding carboxylic acids is 1. The summed E-state index contributed by atoms with van der Waals surface area (Å²) in [6.45, 7) is 2.02. The van der Waals surface area contributed by atoms with E-state index in [1.165, 1.54) is 12.1 Å². The molecule has 1 aliphatic carbocycles. The van der Waals surface area contributed by atoms with Gasteiger partial charge in [-0.3, -0.25) is 0 Å². The van der Waals surface area contributed by atoms with Gasteiger partial charge in [-0.25, -0.2) is 13.6 Å². The van der Waals surface area contributed by atoms with E-state index in [1.807, 2.05) is 0 Å². The van der Waals surface area contributed by atoms with Crippen molar-refractivity contribution in [3.05, 3.63) is 41.0 Å². The molecule has 17 heavy (non-hydrogen) atoms. The van der Waals surface area contributed by atoms with E-state index >= 15 is 0 Å². The third-order valence-corrected chi connectivity index (χ3v) is 2.77. The van der Waals surface area contributed by atoms with Crippen LogP contribution in [-0.4, -0.2) is 12.6 Å². The van der Waals surface area contributed by atoms with Gasteiger partial charge in [-0.1, -0.05) is 6.07 Å². The maximum absolute atomic E-state index is 13.4. The number of halogens is 2. The van der Waals surface area contributed by atoms with E-state index in [1.54, 1.807) is 6.92 Å². The molecule has 2 rings (SSSR count). The number of benzene rings is 1. The average molecular weight is 238 g/mol. The van der Waals surface area contributed by atoms with Gasteiger partial charge in [0.1, 0.15) is 0 Å². The van der Waals surface area contributed by atoms with E-state index in [4.69, 9.17) is 4.74 Å². The minimum Gasteiger partial charge on any atom is -0.463 e. The van der Waals surface area contributed by atoms with Crippen molar-refractivity contribution >= 4 is 11.5 Å². The summed E-state index contributed by atoms with van der Waals surface area (Å²) in [6.07, 6.45) is 2.31. The van der Waals surface area contributed by atoms with Crippen molar-refractivity contribution < 1.29 is 18.3 Å². The zero-order valence-corrected chi connectivity index (χ0v) is 9.43. The summed E-state index contributed by atoms with van der Waals surface area (Å²) < 4.78 is 31.2. The van der Waals surface area contributed by atoms with Gasteiger partial charge in [-0.15, -0.1) is 0 Å². The first-order chi connectivity index (χ1) is 8.13. The zero-order chi connectivity index (χ0) is 12.4. The van der Waals surface area contributed by atoms with Crippen LogP contribution < -0.4 is 0 Å². The lowest BCUT2D eigenvalue weighted by Crippen LogP contribution is -2.00. The van der Waals surface area contributed by atoms with Gasteiger partial charge >= 0.3 is 5.97 Å². The zero-order valence-electron chi connectivity index (χ0n) is 9.43. The lowest BCUT2D eigenvalue weighted by Gasteiger charge is -2.03. The second-order valence-corrected chi connectivity index (χ2v) is 3.81. The van der Waals surface area contributed by atoms with Gasteiger partial charge in [0, 0.05) is 6.08 Å². The summed E-state index contributed by atoms with van der Waals surface area (Å²) in [4.78, 5) is 11.3. The standard InChI is InChI=1S/C13H12F2O2/c1-2-17-12(16)7-8-3-4-10-9(8)5-6-11(14)13(10)15/h5-7H,2-4H2,1H3. The van der Waals surface area contributed by atoms with Crippen LogP contribution in [0.25, 0.3) is 5.57 Å². The molecule has 1 aromatic rings. The summed E-state index contributed by atoms with van der Waals surface area (Å²) in [5.74, 6) is -2.10. The van der Waals surface area contributed by atoms with Crippen LogP contribution in [0.5, 0.6) is 0 Å². The fourth-order valence-electron chi connectivity index (χ4n) is 2.01. The third kappa shape index (κ3) is 2.20. The van der Waals surface area contributed by atoms with Crippen LogP contribution in [0.3, 0.4) is 0 Å². The molecule has 0 radical (unpaired) electrons. The Kier molecular flexibility index (Phi) is 3.22. The predicted octanol–water partition coefficient (Wildman–Crippen LogP) is 2.86. The Balaban J connectivity index is 2.35. The smallest absolute Gasteiger partial charge is 0.331 e. The highest BCUT2D eigenvalue weighted by Crippen LogP contribution is 2.34. The molecule has 0 unspecified atom stereocenters. The molecule has 0 aliphatic heterocycles. The number of carbonyl (C=O) groups is 1. The Morgan fingerprint density at radius 3 is 2.88 bits per heavy atom. The molecule has 0 saturated heterocycles. The van der Waals surface area contributed by atoms with Crippen LogP contribution in [0.1, 0.15) is 24.5 Å². The molecule has 0 bridgehead atoms. The largest absolute Gasteiger partial charge is 0.463 e. The number of rotatable bonds is 2. The quantitative estimate of drug-likeness (QED) is 0.585. The van der Waals surface area contributed by atoms with Gasteiger partial charge < -0.3 is 4.74 Å². The van der Waals surface area contributed by atoms with Crippen molar-refractivity contribution in [3.63, 3.8) is 0 Å². The number of allylic oxidation sites excluding steroid dienone is 1. The van der Waals surface area contributed by atoms with Crippen molar-refractivity contribution in [3.8, 4) is 0 Å². The molecule has 0 fully saturated rings. The highest BCUT2D eigenvalue weighted by molar-refractivity contribution is 5.92. The van der Waals surface area contributed by atoms with Crippen molar-refractivity contribution in [2.45, 2.75) is 19.8 Å². The number of fused-ring (bicyclic) bond motifs is 1. The van der Waals surface area contributed by atoms with E-state index in [2.05, 4.69) is 0 Å². The summed E-state index contributed by atoms with van der Waals surface area (Å²) in [5.41, 5.74) is 1.66. The SMILES string of the molecule is CCOC(=O)C=C1CCc2c1ccc(F)c2F. The average Bonchev–Trinajstić information content (AvgIpc) is 2.68. The van der Waals surface area contributed by atoms with Gasteiger partial charge in [0.25, 0.3) is 0 Å². The Morgan fingerprint density at radius 1 is 1.41 bits per heavy atom. The lowest BCUT2D eigenvalue weighted by atomic mass is 10.1. The van der Waals surface area contributed by atoms with Gasteiger partial charge in [0.15, 0.2) is 11.6 Å². The maximum atomic E-state index is 13.4. The van der Waals surface area contributed by atoms with Crippen molar-refractivity contribution in [2.75, 3.05) is 6.61 Å². The first-order valence-corrected chi connectivity index (χ1v) is 5.48. The second-order valence-electron chi connectivity index (χ2n) is 3.81. The van der Waals surface area contributed by atoms with E-state index in [0.717, 1.165) is 6.07 Å². The molecule has 2 nitrogen and oxygen atoms in total. The van der Waals surface area contributed by atoms with Crippen LogP contribution in [0, 0.1) is 11.6 Å². The topological polar surface area (TPSA) is 26.3 Å². The molecular formula is C13H12F2O2. The molecular weight excluding hydrogens is 226 g/mol. The maximum Gasteiger partial charge on any atom is 0.331 e. The van der Waals surface area contributed by atoms with Crippen molar-refractivity contribution in [1.29, 1.82) is 0 Å². The van der Waals surface area contributed by atoms with Crippen LogP contribution in [0.2, 0.25) is 0 Å². The summed E-state index contributed by atoms with van der Waals surface area (Å²) >= 11 is 0. The lowest BCUT2D eigenvalue weighted by molar-refractivity contribution is -0.137. The van der Waals surface area contributed by atoms with Gasteiger partial charge in [0.2, 0.25) is 0 Å². The molecule has 90 valence electrons. The molecule has 4 heteroatoms. The minimum absolute atomic E-state index is 0.299. The van der Waals surface area contributed by atoms with Crippen LogP contribution >= 0.6 is 0 Å². The van der Waals surface area contributed by atoms with Crippen LogP contribution in [0.15, 0.2) is 18.2 Å². The molecule has 0 atom stereocenters. The third-order valence-electron chi connectivity index (χ3n) is 2.77. The highest BCUT2D eigenvalue weighted by Gasteiger charge is 2.22. The van der Waals surface area contributed by atoms with Gasteiger partial charge in [-0.05, 0) is 42.5 Å². The van der Waals surface area contributed by atoms with E-state index in [9.17, 15) is 13.6 Å². The van der Waals surface area contributed by atoms with E-state index in [-0.39, 0.29) is 0 Å². The molecule has 0 saturated carbocycles. The Hall–Kier alpha value is -1.71. The Bertz CT molecular complexity index is 492. The second kappa shape index (κ2) is 4.65. The summed E-state index contributed by atoms with van der Waals surface area (Å²) in [6, 6.07) is 2.59. The molecule has 0 N–H and O–H groups in total. The summed E-state index contributed by atoms with van der Waals surface area (Å²) in [5, 5.41) is 0. The number of hydrogen-bond acceptors (Lipinski definition) is 2. The number of ether oxygens (including phenoxy) is 1. The van der Waals surface area contributed by atoms with Crippen LogP contribution in [-0.2, 0) is 16.0 Å². The van der Waals surface area contributed by atoms with Crippen molar-refractivity contribution in [2.24, 2.45) is 0 Å². The normalized spacial score (nSPS) is 16.1. The van der Waals surface area contributed by atoms with E-state index in [0.29, 0.717) is 36.1 Å². The Morgan fingerprint density at radius 2 is 2.18 bits per heavy atom. The minimum atomic E-state index is -0.846. The van der Waals surface area contributed by atoms with Crippen LogP contribution in [0.4, 0.5) is 8.78 Å². The number of hydrogen-bond donors (Lipinski definition) is 0. The first-order valence-electron chi connectivity index (χ1n) is 5.48. The monoisotopic (exact) mass is 238 g/mol. The first kappa shape index (κ1) is 11.8. The molecule has 0 spiro atoms.